The van der Waals surface area contributed by atoms with Gasteiger partial charge < -0.3 is 5.32 Å². The van der Waals surface area contributed by atoms with E-state index in [0.717, 1.165) is 34.0 Å². The second kappa shape index (κ2) is 7.69. The quantitative estimate of drug-likeness (QED) is 0.693. The van der Waals surface area contributed by atoms with Crippen molar-refractivity contribution in [1.29, 1.82) is 0 Å². The molecule has 0 radical (unpaired) electrons. The van der Waals surface area contributed by atoms with E-state index in [1.54, 1.807) is 11.3 Å². The van der Waals surface area contributed by atoms with Gasteiger partial charge in [-0.05, 0) is 43.7 Å². The molecule has 1 N–H and O–H groups in total. The zero-order chi connectivity index (χ0) is 14.5. The molecule has 0 saturated heterocycles. The van der Waals surface area contributed by atoms with Crippen molar-refractivity contribution in [2.45, 2.75) is 32.7 Å². The van der Waals surface area contributed by atoms with E-state index in [-0.39, 0.29) is 6.04 Å². The first-order valence-corrected chi connectivity index (χ1v) is 9.16. The summed E-state index contributed by atoms with van der Waals surface area (Å²) in [5.41, 5.74) is 2.38. The molecule has 1 unspecified atom stereocenters. The van der Waals surface area contributed by atoms with Crippen LogP contribution in [0.5, 0.6) is 0 Å². The van der Waals surface area contributed by atoms with E-state index in [9.17, 15) is 0 Å². The Kier molecular flexibility index (Phi) is 6.20. The molecule has 0 fully saturated rings. The minimum Gasteiger partial charge on any atom is -0.310 e. The average molecular weight is 418 g/mol. The highest BCUT2D eigenvalue weighted by Gasteiger charge is 2.16. The van der Waals surface area contributed by atoms with Crippen LogP contribution in [0.4, 0.5) is 0 Å². The number of hydrogen-bond acceptors (Lipinski definition) is 3. The Labute approximate surface area is 141 Å². The smallest absolute Gasteiger partial charge is 0.0947 e. The molecule has 108 valence electrons. The maximum atomic E-state index is 4.59. The Morgan fingerprint density at radius 1 is 1.35 bits per heavy atom. The molecule has 2 nitrogen and oxygen atoms in total. The molecule has 1 atom stereocenters. The molecule has 5 heteroatoms. The van der Waals surface area contributed by atoms with E-state index >= 15 is 0 Å². The van der Waals surface area contributed by atoms with Crippen molar-refractivity contribution in [2.24, 2.45) is 0 Å². The van der Waals surface area contributed by atoms with Crippen LogP contribution in [0.15, 0.2) is 32.5 Å². The summed E-state index contributed by atoms with van der Waals surface area (Å²) >= 11 is 8.96. The van der Waals surface area contributed by atoms with Gasteiger partial charge in [-0.3, -0.25) is 0 Å². The highest BCUT2D eigenvalue weighted by Crippen LogP contribution is 2.29. The van der Waals surface area contributed by atoms with Crippen molar-refractivity contribution in [3.63, 3.8) is 0 Å². The second-order valence-corrected chi connectivity index (χ2v) is 7.47. The van der Waals surface area contributed by atoms with Crippen LogP contribution < -0.4 is 5.32 Å². The fraction of sp³-hybridized carbons (Fsp3) is 0.400. The predicted octanol–water partition coefficient (Wildman–Crippen LogP) is 5.26. The van der Waals surface area contributed by atoms with Crippen molar-refractivity contribution in [2.75, 3.05) is 6.54 Å². The lowest BCUT2D eigenvalue weighted by atomic mass is 10.0. The Morgan fingerprint density at radius 2 is 2.15 bits per heavy atom. The number of aryl methyl sites for hydroxylation is 1. The van der Waals surface area contributed by atoms with Gasteiger partial charge in [-0.25, -0.2) is 4.98 Å². The van der Waals surface area contributed by atoms with Crippen LogP contribution in [0.1, 0.15) is 35.7 Å². The van der Waals surface area contributed by atoms with Gasteiger partial charge in [0.15, 0.2) is 0 Å². The van der Waals surface area contributed by atoms with Crippen LogP contribution in [0.2, 0.25) is 0 Å². The van der Waals surface area contributed by atoms with E-state index in [4.69, 9.17) is 0 Å². The van der Waals surface area contributed by atoms with Crippen molar-refractivity contribution in [3.05, 3.63) is 48.8 Å². The van der Waals surface area contributed by atoms with Crippen LogP contribution in [-0.2, 0) is 6.42 Å². The number of rotatable bonds is 6. The van der Waals surface area contributed by atoms with E-state index < -0.39 is 0 Å². The topological polar surface area (TPSA) is 24.9 Å². The van der Waals surface area contributed by atoms with Crippen LogP contribution >= 0.6 is 43.2 Å². The SMILES string of the molecule is CCCNC(Cc1nc(C)cs1)c1cc(Br)ccc1Br. The third-order valence-corrected chi connectivity index (χ3v) is 5.22. The van der Waals surface area contributed by atoms with Crippen LogP contribution in [-0.4, -0.2) is 11.5 Å². The number of thiazole rings is 1. The summed E-state index contributed by atoms with van der Waals surface area (Å²) in [4.78, 5) is 4.59. The zero-order valence-electron chi connectivity index (χ0n) is 11.6. The number of benzene rings is 1. The summed E-state index contributed by atoms with van der Waals surface area (Å²) in [6.45, 7) is 5.24. The normalized spacial score (nSPS) is 12.6. The van der Waals surface area contributed by atoms with Gasteiger partial charge in [0.1, 0.15) is 0 Å². The van der Waals surface area contributed by atoms with E-state index in [1.165, 1.54) is 10.6 Å². The minimum atomic E-state index is 0.285. The maximum Gasteiger partial charge on any atom is 0.0947 e. The van der Waals surface area contributed by atoms with Crippen molar-refractivity contribution < 1.29 is 0 Å². The van der Waals surface area contributed by atoms with Gasteiger partial charge in [-0.2, -0.15) is 0 Å². The van der Waals surface area contributed by atoms with Gasteiger partial charge in [0, 0.05) is 32.5 Å². The molecular weight excluding hydrogens is 400 g/mol. The fourth-order valence-electron chi connectivity index (χ4n) is 2.06. The average Bonchev–Trinajstić information content (AvgIpc) is 2.83. The monoisotopic (exact) mass is 416 g/mol. The Balaban J connectivity index is 2.24. The molecule has 0 aliphatic rings. The first-order valence-electron chi connectivity index (χ1n) is 6.69. The zero-order valence-corrected chi connectivity index (χ0v) is 15.6. The number of aromatic nitrogens is 1. The van der Waals surface area contributed by atoms with E-state index in [2.05, 4.69) is 72.7 Å². The molecule has 1 aromatic carbocycles. The summed E-state index contributed by atoms with van der Waals surface area (Å²) in [5.74, 6) is 0. The van der Waals surface area contributed by atoms with Gasteiger partial charge in [0.05, 0.1) is 5.01 Å². The lowest BCUT2D eigenvalue weighted by molar-refractivity contribution is 0.526. The second-order valence-electron chi connectivity index (χ2n) is 4.76. The molecule has 1 aromatic heterocycles. The molecule has 0 bridgehead atoms. The third kappa shape index (κ3) is 4.38. The van der Waals surface area contributed by atoms with E-state index in [1.807, 2.05) is 6.92 Å². The number of hydrogen-bond donors (Lipinski definition) is 1. The minimum absolute atomic E-state index is 0.285. The molecule has 0 amide bonds. The Morgan fingerprint density at radius 3 is 2.80 bits per heavy atom. The highest BCUT2D eigenvalue weighted by atomic mass is 79.9. The van der Waals surface area contributed by atoms with Crippen LogP contribution in [0.25, 0.3) is 0 Å². The van der Waals surface area contributed by atoms with Crippen molar-refractivity contribution >= 4 is 43.2 Å². The standard InChI is InChI=1S/C15H18Br2N2S/c1-3-6-18-14(8-15-19-10(2)9-20-15)12-7-11(16)4-5-13(12)17/h4-5,7,9,14,18H,3,6,8H2,1-2H3. The molecule has 0 aliphatic heterocycles. The van der Waals surface area contributed by atoms with E-state index in [0.29, 0.717) is 0 Å². The summed E-state index contributed by atoms with van der Waals surface area (Å²) in [6.07, 6.45) is 2.05. The molecule has 0 saturated carbocycles. The van der Waals surface area contributed by atoms with Gasteiger partial charge in [0.2, 0.25) is 0 Å². The first kappa shape index (κ1) is 16.1. The third-order valence-electron chi connectivity index (χ3n) is 3.02. The van der Waals surface area contributed by atoms with Gasteiger partial charge in [0.25, 0.3) is 0 Å². The number of halogens is 2. The van der Waals surface area contributed by atoms with Crippen LogP contribution in [0.3, 0.4) is 0 Å². The Bertz CT molecular complexity index is 569. The van der Waals surface area contributed by atoms with Crippen LogP contribution in [0, 0.1) is 6.92 Å². The maximum absolute atomic E-state index is 4.59. The lowest BCUT2D eigenvalue weighted by Crippen LogP contribution is -2.24. The van der Waals surface area contributed by atoms with Crippen molar-refractivity contribution in [1.82, 2.24) is 10.3 Å². The Hall–Kier alpha value is -0.230. The largest absolute Gasteiger partial charge is 0.310 e. The first-order chi connectivity index (χ1) is 9.60. The predicted molar refractivity (Wildman–Crippen MR) is 93.4 cm³/mol. The highest BCUT2D eigenvalue weighted by molar-refractivity contribution is 9.11. The number of nitrogens with one attached hydrogen (secondary N) is 1. The summed E-state index contributed by atoms with van der Waals surface area (Å²) in [7, 11) is 0. The summed E-state index contributed by atoms with van der Waals surface area (Å²) in [6, 6.07) is 6.61. The summed E-state index contributed by atoms with van der Waals surface area (Å²) in [5, 5.41) is 6.92. The summed E-state index contributed by atoms with van der Waals surface area (Å²) < 4.78 is 2.25. The molecule has 2 aromatic rings. The lowest BCUT2D eigenvalue weighted by Gasteiger charge is -2.19. The van der Waals surface area contributed by atoms with Gasteiger partial charge in [-0.15, -0.1) is 11.3 Å². The van der Waals surface area contributed by atoms with Crippen molar-refractivity contribution in [3.8, 4) is 0 Å². The molecule has 0 spiro atoms. The number of nitrogens with zero attached hydrogens (tertiary/aromatic N) is 1. The molecular formula is C15H18Br2N2S. The molecule has 2 rings (SSSR count). The fourth-order valence-corrected chi connectivity index (χ4v) is 3.78. The van der Waals surface area contributed by atoms with Gasteiger partial charge >= 0.3 is 0 Å². The van der Waals surface area contributed by atoms with Gasteiger partial charge in [-0.1, -0.05) is 38.8 Å². The molecule has 0 aliphatic carbocycles. The molecule has 1 heterocycles. The molecule has 20 heavy (non-hydrogen) atoms.